The summed E-state index contributed by atoms with van der Waals surface area (Å²) in [7, 11) is 3.18. The molecule has 6 rings (SSSR count). The zero-order valence-electron chi connectivity index (χ0n) is 21.4. The average molecular weight is 520 g/mol. The number of nitrogens with zero attached hydrogens (tertiary/aromatic N) is 5. The Labute approximate surface area is 224 Å². The van der Waals surface area contributed by atoms with Crippen LogP contribution in [-0.4, -0.2) is 57.4 Å². The van der Waals surface area contributed by atoms with Gasteiger partial charge in [0.1, 0.15) is 5.69 Å². The molecular formula is C30H25N5O4. The predicted molar refractivity (Wildman–Crippen MR) is 148 cm³/mol. The van der Waals surface area contributed by atoms with Gasteiger partial charge in [-0.05, 0) is 54.4 Å². The summed E-state index contributed by atoms with van der Waals surface area (Å²) in [5.41, 5.74) is 4.38. The molecule has 3 aromatic heterocycles. The minimum absolute atomic E-state index is 0.102. The monoisotopic (exact) mass is 519 g/mol. The van der Waals surface area contributed by atoms with Gasteiger partial charge in [-0.25, -0.2) is 4.98 Å². The van der Waals surface area contributed by atoms with Gasteiger partial charge in [-0.2, -0.15) is 9.78 Å². The van der Waals surface area contributed by atoms with Crippen molar-refractivity contribution in [3.05, 3.63) is 106 Å². The van der Waals surface area contributed by atoms with Crippen molar-refractivity contribution >= 4 is 16.5 Å². The highest BCUT2D eigenvalue weighted by atomic mass is 16.5. The summed E-state index contributed by atoms with van der Waals surface area (Å²) in [4.78, 5) is 27.2. The number of ether oxygens (including phenoxy) is 2. The molecule has 194 valence electrons. The second-order valence-electron chi connectivity index (χ2n) is 9.14. The summed E-state index contributed by atoms with van der Waals surface area (Å²) < 4.78 is 12.4. The zero-order valence-corrected chi connectivity index (χ0v) is 21.4. The number of methoxy groups -OCH3 is 2. The summed E-state index contributed by atoms with van der Waals surface area (Å²) >= 11 is 0. The number of aliphatic hydroxyl groups excluding tert-OH is 1. The molecule has 9 heteroatoms. The van der Waals surface area contributed by atoms with Crippen molar-refractivity contribution in [3.63, 3.8) is 0 Å². The van der Waals surface area contributed by atoms with Crippen molar-refractivity contribution < 1.29 is 14.6 Å². The normalized spacial score (nSPS) is 14.5. The van der Waals surface area contributed by atoms with Gasteiger partial charge in [-0.15, -0.1) is 0 Å². The van der Waals surface area contributed by atoms with Crippen molar-refractivity contribution in [2.45, 2.75) is 12.5 Å². The van der Waals surface area contributed by atoms with Gasteiger partial charge in [0.2, 0.25) is 0 Å². The Balaban J connectivity index is 1.53. The lowest BCUT2D eigenvalue weighted by atomic mass is 9.90. The van der Waals surface area contributed by atoms with Crippen LogP contribution in [0.15, 0.2) is 89.0 Å². The molecule has 0 saturated heterocycles. The molecule has 0 aliphatic carbocycles. The van der Waals surface area contributed by atoms with E-state index in [0.29, 0.717) is 40.5 Å². The first-order valence-corrected chi connectivity index (χ1v) is 12.4. The second kappa shape index (κ2) is 10.1. The maximum absolute atomic E-state index is 13.6. The molecule has 0 fully saturated rings. The lowest BCUT2D eigenvalue weighted by molar-refractivity contribution is 0.265. The topological polar surface area (TPSA) is 112 Å². The van der Waals surface area contributed by atoms with Crippen LogP contribution in [0.25, 0.3) is 27.8 Å². The molecule has 4 heterocycles. The maximum Gasteiger partial charge on any atom is 0.280 e. The minimum atomic E-state index is -0.319. The molecule has 39 heavy (non-hydrogen) atoms. The Kier molecular flexibility index (Phi) is 6.34. The Morgan fingerprint density at radius 1 is 0.949 bits per heavy atom. The van der Waals surface area contributed by atoms with Gasteiger partial charge >= 0.3 is 0 Å². The fourth-order valence-corrected chi connectivity index (χ4v) is 4.94. The first-order valence-electron chi connectivity index (χ1n) is 12.4. The molecule has 9 nitrogen and oxygen atoms in total. The third-order valence-corrected chi connectivity index (χ3v) is 6.82. The van der Waals surface area contributed by atoms with Crippen LogP contribution in [-0.2, 0) is 6.42 Å². The molecule has 1 aliphatic rings. The number of pyridine rings is 2. The molecule has 0 radical (unpaired) electrons. The number of fused-ring (bicyclic) bond motifs is 2. The molecular weight excluding hydrogens is 494 g/mol. The smallest absolute Gasteiger partial charge is 0.280 e. The van der Waals surface area contributed by atoms with E-state index in [-0.39, 0.29) is 18.2 Å². The Morgan fingerprint density at radius 3 is 2.49 bits per heavy atom. The number of hydrogen-bond donors (Lipinski definition) is 1. The largest absolute Gasteiger partial charge is 0.493 e. The Morgan fingerprint density at radius 2 is 1.74 bits per heavy atom. The van der Waals surface area contributed by atoms with E-state index in [9.17, 15) is 9.90 Å². The number of hydrogen-bond acceptors (Lipinski definition) is 8. The molecule has 0 saturated carbocycles. The van der Waals surface area contributed by atoms with Gasteiger partial charge < -0.3 is 14.6 Å². The van der Waals surface area contributed by atoms with Crippen LogP contribution >= 0.6 is 0 Å². The van der Waals surface area contributed by atoms with Crippen LogP contribution in [0.3, 0.4) is 0 Å². The van der Waals surface area contributed by atoms with Gasteiger partial charge in [-0.1, -0.05) is 18.2 Å². The van der Waals surface area contributed by atoms with E-state index < -0.39 is 0 Å². The van der Waals surface area contributed by atoms with Crippen LogP contribution in [0.2, 0.25) is 0 Å². The third kappa shape index (κ3) is 4.32. The van der Waals surface area contributed by atoms with E-state index in [0.717, 1.165) is 27.6 Å². The summed E-state index contributed by atoms with van der Waals surface area (Å²) in [6, 6.07) is 18.2. The van der Waals surface area contributed by atoms with Crippen molar-refractivity contribution in [1.29, 1.82) is 0 Å². The average Bonchev–Trinajstić information content (AvgIpc) is 3.00. The number of rotatable bonds is 6. The zero-order chi connectivity index (χ0) is 26.9. The number of benzene rings is 2. The lowest BCUT2D eigenvalue weighted by Gasteiger charge is -2.24. The van der Waals surface area contributed by atoms with E-state index in [1.54, 1.807) is 44.9 Å². The van der Waals surface area contributed by atoms with Crippen LogP contribution in [0.4, 0.5) is 0 Å². The van der Waals surface area contributed by atoms with Gasteiger partial charge in [-0.3, -0.25) is 14.8 Å². The first kappa shape index (κ1) is 24.4. The predicted octanol–water partition coefficient (Wildman–Crippen LogP) is 3.61. The standard InChI is InChI=1S/C30H25N5O4/c1-38-25-13-20-12-21(17-36)33-28(24(20)15-26(25)39-2)18-9-11-32-27(14-18)35-30(37)23-8-4-3-7-22(23)29(34-35)19-6-5-10-31-16-19/h3-11,13-16,21,36H,12,17H2,1-2H3. The SMILES string of the molecule is COc1cc2c(cc1OC)C(c1ccnc(-n3nc(-c4cccnc4)c4ccccc4c3=O)c1)=NC(CO)C2. The third-order valence-electron chi connectivity index (χ3n) is 6.82. The van der Waals surface area contributed by atoms with Crippen LogP contribution in [0.5, 0.6) is 11.5 Å². The summed E-state index contributed by atoms with van der Waals surface area (Å²) in [6.45, 7) is -0.102. The molecule has 1 unspecified atom stereocenters. The van der Waals surface area contributed by atoms with Crippen LogP contribution < -0.4 is 15.0 Å². The molecule has 1 N–H and O–H groups in total. The fourth-order valence-electron chi connectivity index (χ4n) is 4.94. The number of aromatic nitrogens is 4. The molecule has 0 spiro atoms. The maximum atomic E-state index is 13.6. The van der Waals surface area contributed by atoms with Gasteiger partial charge in [0.05, 0.1) is 38.0 Å². The Bertz CT molecular complexity index is 1780. The van der Waals surface area contributed by atoms with E-state index in [1.165, 1.54) is 4.68 Å². The lowest BCUT2D eigenvalue weighted by Crippen LogP contribution is -2.26. The van der Waals surface area contributed by atoms with E-state index in [1.807, 2.05) is 48.5 Å². The van der Waals surface area contributed by atoms with Gasteiger partial charge in [0.25, 0.3) is 5.56 Å². The molecule has 0 amide bonds. The van der Waals surface area contributed by atoms with Gasteiger partial charge in [0.15, 0.2) is 17.3 Å². The quantitative estimate of drug-likeness (QED) is 0.365. The molecule has 1 atom stereocenters. The minimum Gasteiger partial charge on any atom is -0.493 e. The highest BCUT2D eigenvalue weighted by Gasteiger charge is 2.25. The van der Waals surface area contributed by atoms with E-state index >= 15 is 0 Å². The fraction of sp³-hybridized carbons (Fsp3) is 0.167. The summed E-state index contributed by atoms with van der Waals surface area (Å²) in [5, 5.41) is 16.0. The first-order chi connectivity index (χ1) is 19.1. The molecule has 5 aromatic rings. The van der Waals surface area contributed by atoms with Crippen LogP contribution in [0, 0.1) is 0 Å². The number of aliphatic hydroxyl groups is 1. The van der Waals surface area contributed by atoms with Crippen molar-refractivity contribution in [2.75, 3.05) is 20.8 Å². The Hall–Kier alpha value is -4.89. The highest BCUT2D eigenvalue weighted by Crippen LogP contribution is 2.35. The molecule has 1 aliphatic heterocycles. The van der Waals surface area contributed by atoms with Crippen molar-refractivity contribution in [2.24, 2.45) is 4.99 Å². The highest BCUT2D eigenvalue weighted by molar-refractivity contribution is 6.15. The van der Waals surface area contributed by atoms with Gasteiger partial charge in [0, 0.05) is 40.7 Å². The van der Waals surface area contributed by atoms with E-state index in [4.69, 9.17) is 19.6 Å². The van der Waals surface area contributed by atoms with Crippen molar-refractivity contribution in [3.8, 4) is 28.6 Å². The number of aliphatic imine (C=N–C) groups is 1. The second-order valence-corrected chi connectivity index (χ2v) is 9.14. The van der Waals surface area contributed by atoms with E-state index in [2.05, 4.69) is 9.97 Å². The summed E-state index contributed by atoms with van der Waals surface area (Å²) in [6.07, 6.45) is 5.61. The molecule has 0 bridgehead atoms. The van der Waals surface area contributed by atoms with Crippen molar-refractivity contribution in [1.82, 2.24) is 19.7 Å². The molecule has 2 aromatic carbocycles. The van der Waals surface area contributed by atoms with Crippen LogP contribution in [0.1, 0.15) is 16.7 Å². The summed E-state index contributed by atoms with van der Waals surface area (Å²) in [5.74, 6) is 1.54.